The summed E-state index contributed by atoms with van der Waals surface area (Å²) in [7, 11) is 1.98. The Kier molecular flexibility index (Phi) is 4.53. The highest BCUT2D eigenvalue weighted by atomic mass is 16.5. The average Bonchev–Trinajstić information content (AvgIpc) is 2.43. The largest absolute Gasteiger partial charge is 0.490 e. The monoisotopic (exact) mass is 244 g/mol. The molecule has 2 aromatic rings. The minimum absolute atomic E-state index is 0.397. The number of ether oxygens (including phenoxy) is 1. The number of likely N-dealkylation sites (N-methyl/N-ethyl adjacent to an activating group) is 1. The molecule has 1 N–H and O–H groups in total. The molecule has 18 heavy (non-hydrogen) atoms. The first-order chi connectivity index (χ1) is 8.85. The standard InChI is InChI=1S/C15H20N2O/c1-3-6-13(16-2)11-18-14-9-4-7-12-8-5-10-17-15(12)14/h4-5,7-10,13,16H,3,6,11H2,1-2H3. The van der Waals surface area contributed by atoms with Crippen LogP contribution < -0.4 is 10.1 Å². The number of benzene rings is 1. The van der Waals surface area contributed by atoms with Crippen molar-refractivity contribution in [2.45, 2.75) is 25.8 Å². The molecule has 0 fully saturated rings. The van der Waals surface area contributed by atoms with Crippen LogP contribution in [0.1, 0.15) is 19.8 Å². The molecule has 1 aromatic heterocycles. The lowest BCUT2D eigenvalue weighted by atomic mass is 10.2. The summed E-state index contributed by atoms with van der Waals surface area (Å²) >= 11 is 0. The maximum absolute atomic E-state index is 5.90. The Hall–Kier alpha value is -1.61. The summed E-state index contributed by atoms with van der Waals surface area (Å²) in [4.78, 5) is 4.39. The summed E-state index contributed by atoms with van der Waals surface area (Å²) in [5, 5.41) is 4.39. The summed E-state index contributed by atoms with van der Waals surface area (Å²) in [5.41, 5.74) is 0.936. The summed E-state index contributed by atoms with van der Waals surface area (Å²) in [6, 6.07) is 10.4. The van der Waals surface area contributed by atoms with Crippen molar-refractivity contribution in [3.05, 3.63) is 36.5 Å². The third kappa shape index (κ3) is 2.99. The maximum Gasteiger partial charge on any atom is 0.145 e. The van der Waals surface area contributed by atoms with Gasteiger partial charge >= 0.3 is 0 Å². The molecule has 1 atom stereocenters. The molecule has 0 amide bonds. The predicted octanol–water partition coefficient (Wildman–Crippen LogP) is 3.00. The van der Waals surface area contributed by atoms with E-state index < -0.39 is 0 Å². The molecule has 2 rings (SSSR count). The second-order valence-corrected chi connectivity index (χ2v) is 4.42. The Bertz CT molecular complexity index is 493. The van der Waals surface area contributed by atoms with Gasteiger partial charge in [-0.25, -0.2) is 0 Å². The fourth-order valence-electron chi connectivity index (χ4n) is 2.04. The Balaban J connectivity index is 2.11. The number of hydrogen-bond donors (Lipinski definition) is 1. The normalized spacial score (nSPS) is 12.6. The summed E-state index contributed by atoms with van der Waals surface area (Å²) in [6.07, 6.45) is 4.08. The molecular weight excluding hydrogens is 224 g/mol. The summed E-state index contributed by atoms with van der Waals surface area (Å²) in [6.45, 7) is 2.86. The Morgan fingerprint density at radius 3 is 2.89 bits per heavy atom. The van der Waals surface area contributed by atoms with Gasteiger partial charge in [0.1, 0.15) is 17.9 Å². The third-order valence-corrected chi connectivity index (χ3v) is 3.08. The summed E-state index contributed by atoms with van der Waals surface area (Å²) in [5.74, 6) is 0.865. The van der Waals surface area contributed by atoms with Crippen molar-refractivity contribution in [1.29, 1.82) is 0 Å². The van der Waals surface area contributed by atoms with E-state index in [4.69, 9.17) is 4.74 Å². The first kappa shape index (κ1) is 12.8. The van der Waals surface area contributed by atoms with Crippen LogP contribution in [0.2, 0.25) is 0 Å². The second kappa shape index (κ2) is 6.36. The van der Waals surface area contributed by atoms with Gasteiger partial charge < -0.3 is 10.1 Å². The zero-order chi connectivity index (χ0) is 12.8. The minimum atomic E-state index is 0.397. The first-order valence-electron chi connectivity index (χ1n) is 6.49. The van der Waals surface area contributed by atoms with Gasteiger partial charge in [-0.2, -0.15) is 0 Å². The number of pyridine rings is 1. The van der Waals surface area contributed by atoms with Crippen LogP contribution in [0.15, 0.2) is 36.5 Å². The van der Waals surface area contributed by atoms with Gasteiger partial charge in [-0.05, 0) is 25.6 Å². The lowest BCUT2D eigenvalue weighted by Gasteiger charge is -2.16. The molecule has 3 heteroatoms. The molecule has 0 aliphatic rings. The Morgan fingerprint density at radius 1 is 1.28 bits per heavy atom. The molecule has 0 saturated heterocycles. The zero-order valence-corrected chi connectivity index (χ0v) is 11.0. The lowest BCUT2D eigenvalue weighted by molar-refractivity contribution is 0.265. The van der Waals surface area contributed by atoms with Crippen LogP contribution in [0.25, 0.3) is 10.9 Å². The van der Waals surface area contributed by atoms with Crippen molar-refractivity contribution < 1.29 is 4.74 Å². The average molecular weight is 244 g/mol. The SMILES string of the molecule is CCCC(COc1cccc2cccnc12)NC. The lowest BCUT2D eigenvalue weighted by Crippen LogP contribution is -2.31. The Labute approximate surface area is 108 Å². The number of rotatable bonds is 6. The quantitative estimate of drug-likeness (QED) is 0.848. The van der Waals surface area contributed by atoms with E-state index in [1.165, 1.54) is 0 Å². The smallest absolute Gasteiger partial charge is 0.145 e. The maximum atomic E-state index is 5.90. The molecule has 0 saturated carbocycles. The molecule has 0 spiro atoms. The van der Waals surface area contributed by atoms with E-state index in [1.807, 2.05) is 25.2 Å². The van der Waals surface area contributed by atoms with Crippen LogP contribution >= 0.6 is 0 Å². The Morgan fingerprint density at radius 2 is 2.11 bits per heavy atom. The third-order valence-electron chi connectivity index (χ3n) is 3.08. The van der Waals surface area contributed by atoms with Gasteiger partial charge in [-0.3, -0.25) is 4.98 Å². The second-order valence-electron chi connectivity index (χ2n) is 4.42. The van der Waals surface area contributed by atoms with Gasteiger partial charge in [0.05, 0.1) is 0 Å². The summed E-state index contributed by atoms with van der Waals surface area (Å²) < 4.78 is 5.90. The van der Waals surface area contributed by atoms with Gasteiger partial charge in [0, 0.05) is 17.6 Å². The number of para-hydroxylation sites is 1. The number of hydrogen-bond acceptors (Lipinski definition) is 3. The molecule has 1 unspecified atom stereocenters. The van der Waals surface area contributed by atoms with Crippen LogP contribution in [-0.2, 0) is 0 Å². The zero-order valence-electron chi connectivity index (χ0n) is 11.0. The molecule has 1 heterocycles. The van der Waals surface area contributed by atoms with Gasteiger partial charge in [0.15, 0.2) is 0 Å². The van der Waals surface area contributed by atoms with E-state index in [9.17, 15) is 0 Å². The molecule has 3 nitrogen and oxygen atoms in total. The molecule has 0 aliphatic heterocycles. The molecule has 1 aromatic carbocycles. The van der Waals surface area contributed by atoms with E-state index >= 15 is 0 Å². The number of nitrogens with one attached hydrogen (secondary N) is 1. The first-order valence-corrected chi connectivity index (χ1v) is 6.49. The molecule has 0 radical (unpaired) electrons. The number of nitrogens with zero attached hydrogens (tertiary/aromatic N) is 1. The van der Waals surface area contributed by atoms with Gasteiger partial charge in [-0.1, -0.05) is 31.5 Å². The number of aromatic nitrogens is 1. The molecular formula is C15H20N2O. The molecule has 96 valence electrons. The topological polar surface area (TPSA) is 34.1 Å². The van der Waals surface area contributed by atoms with Crippen LogP contribution in [-0.4, -0.2) is 24.7 Å². The van der Waals surface area contributed by atoms with Crippen molar-refractivity contribution in [2.75, 3.05) is 13.7 Å². The van der Waals surface area contributed by atoms with E-state index in [1.54, 1.807) is 6.20 Å². The van der Waals surface area contributed by atoms with E-state index in [0.29, 0.717) is 12.6 Å². The van der Waals surface area contributed by atoms with Gasteiger partial charge in [0.25, 0.3) is 0 Å². The number of fused-ring (bicyclic) bond motifs is 1. The van der Waals surface area contributed by atoms with Crippen molar-refractivity contribution >= 4 is 10.9 Å². The van der Waals surface area contributed by atoms with Crippen molar-refractivity contribution in [2.24, 2.45) is 0 Å². The van der Waals surface area contributed by atoms with Crippen molar-refractivity contribution in [3.63, 3.8) is 0 Å². The van der Waals surface area contributed by atoms with Gasteiger partial charge in [0.2, 0.25) is 0 Å². The highest BCUT2D eigenvalue weighted by Gasteiger charge is 2.07. The van der Waals surface area contributed by atoms with E-state index in [0.717, 1.165) is 29.5 Å². The van der Waals surface area contributed by atoms with Gasteiger partial charge in [-0.15, -0.1) is 0 Å². The predicted molar refractivity (Wildman–Crippen MR) is 75.0 cm³/mol. The van der Waals surface area contributed by atoms with Crippen molar-refractivity contribution in [1.82, 2.24) is 10.3 Å². The van der Waals surface area contributed by atoms with Crippen LogP contribution in [0.4, 0.5) is 0 Å². The van der Waals surface area contributed by atoms with Crippen LogP contribution in [0, 0.1) is 0 Å². The van der Waals surface area contributed by atoms with E-state index in [2.05, 4.69) is 29.4 Å². The van der Waals surface area contributed by atoms with Crippen molar-refractivity contribution in [3.8, 4) is 5.75 Å². The minimum Gasteiger partial charge on any atom is -0.490 e. The molecule has 0 aliphatic carbocycles. The van der Waals surface area contributed by atoms with Crippen LogP contribution in [0.3, 0.4) is 0 Å². The molecule has 0 bridgehead atoms. The fraction of sp³-hybridized carbons (Fsp3) is 0.400. The van der Waals surface area contributed by atoms with Crippen LogP contribution in [0.5, 0.6) is 5.75 Å². The highest BCUT2D eigenvalue weighted by Crippen LogP contribution is 2.23. The fourth-order valence-corrected chi connectivity index (χ4v) is 2.04. The highest BCUT2D eigenvalue weighted by molar-refractivity contribution is 5.84. The van der Waals surface area contributed by atoms with E-state index in [-0.39, 0.29) is 0 Å².